The van der Waals surface area contributed by atoms with E-state index in [4.69, 9.17) is 11.6 Å². The number of nitrogens with zero attached hydrogens (tertiary/aromatic N) is 1. The molecule has 0 amide bonds. The van der Waals surface area contributed by atoms with Gasteiger partial charge in [0.1, 0.15) is 5.75 Å². The van der Waals surface area contributed by atoms with Gasteiger partial charge in [-0.1, -0.05) is 41.1 Å². The van der Waals surface area contributed by atoms with Crippen LogP contribution in [0.15, 0.2) is 64.4 Å². The molecule has 0 bridgehead atoms. The van der Waals surface area contributed by atoms with Gasteiger partial charge < -0.3 is 10.4 Å². The zero-order chi connectivity index (χ0) is 21.8. The Morgan fingerprint density at radius 1 is 1.17 bits per heavy atom. The molecular weight excluding hydrogens is 424 g/mol. The van der Waals surface area contributed by atoms with Crippen LogP contribution >= 0.6 is 23.4 Å². The molecule has 8 heteroatoms. The molecule has 0 radical (unpaired) electrons. The lowest BCUT2D eigenvalue weighted by Gasteiger charge is -2.14. The van der Waals surface area contributed by atoms with Crippen LogP contribution < -0.4 is 5.32 Å². The van der Waals surface area contributed by atoms with Crippen LogP contribution in [0.3, 0.4) is 0 Å². The maximum Gasteiger partial charge on any atom is 0.269 e. The fraction of sp³-hybridized carbons (Fsp3) is 0.136. The van der Waals surface area contributed by atoms with E-state index in [0.717, 1.165) is 15.4 Å². The van der Waals surface area contributed by atoms with Crippen molar-refractivity contribution in [2.45, 2.75) is 30.2 Å². The van der Waals surface area contributed by atoms with Gasteiger partial charge in [-0.2, -0.15) is 0 Å². The molecule has 0 heterocycles. The van der Waals surface area contributed by atoms with E-state index < -0.39 is 4.92 Å². The molecule has 0 unspecified atom stereocenters. The molecule has 0 saturated heterocycles. The quantitative estimate of drug-likeness (QED) is 0.195. The molecule has 3 aromatic rings. The standard InChI is InChI=1S/C22H19ClN2O4S/c1-13-3-6-18(7-4-13)30-21-8-5-17(25(28)29)9-15(21)12-24-20-11-16(23)10-19(14(2)26)22(20)27/h3-11,24,27H,12H2,1-2H3. The Morgan fingerprint density at radius 3 is 2.50 bits per heavy atom. The number of carbonyl (C=O) groups excluding carboxylic acids is 1. The van der Waals surface area contributed by atoms with Crippen molar-refractivity contribution in [3.8, 4) is 5.75 Å². The lowest BCUT2D eigenvalue weighted by molar-refractivity contribution is -0.385. The van der Waals surface area contributed by atoms with Crippen molar-refractivity contribution in [2.75, 3.05) is 5.32 Å². The number of hydrogen-bond donors (Lipinski definition) is 2. The van der Waals surface area contributed by atoms with Crippen LogP contribution in [0.2, 0.25) is 5.02 Å². The summed E-state index contributed by atoms with van der Waals surface area (Å²) in [6, 6.07) is 15.5. The summed E-state index contributed by atoms with van der Waals surface area (Å²) in [7, 11) is 0. The molecule has 0 saturated carbocycles. The Labute approximate surface area is 183 Å². The number of phenolic OH excluding ortho intramolecular Hbond substituents is 1. The highest BCUT2D eigenvalue weighted by Gasteiger charge is 2.15. The van der Waals surface area contributed by atoms with Crippen molar-refractivity contribution in [3.63, 3.8) is 0 Å². The highest BCUT2D eigenvalue weighted by Crippen LogP contribution is 2.35. The number of carbonyl (C=O) groups is 1. The topological polar surface area (TPSA) is 92.5 Å². The average molecular weight is 443 g/mol. The van der Waals surface area contributed by atoms with E-state index in [9.17, 15) is 20.0 Å². The Hall–Kier alpha value is -3.03. The Kier molecular flexibility index (Phi) is 6.64. The van der Waals surface area contributed by atoms with E-state index >= 15 is 0 Å². The number of phenols is 1. The summed E-state index contributed by atoms with van der Waals surface area (Å²) < 4.78 is 0. The van der Waals surface area contributed by atoms with Crippen LogP contribution in [0.5, 0.6) is 5.75 Å². The molecule has 30 heavy (non-hydrogen) atoms. The zero-order valence-electron chi connectivity index (χ0n) is 16.3. The summed E-state index contributed by atoms with van der Waals surface area (Å²) in [6.45, 7) is 3.54. The second-order valence-corrected chi connectivity index (χ2v) is 8.28. The third-order valence-electron chi connectivity index (χ3n) is 4.43. The molecule has 0 spiro atoms. The predicted molar refractivity (Wildman–Crippen MR) is 119 cm³/mol. The molecule has 0 aromatic heterocycles. The lowest BCUT2D eigenvalue weighted by atomic mass is 10.1. The van der Waals surface area contributed by atoms with E-state index in [2.05, 4.69) is 5.32 Å². The van der Waals surface area contributed by atoms with E-state index in [1.165, 1.54) is 43.0 Å². The summed E-state index contributed by atoms with van der Waals surface area (Å²) in [4.78, 5) is 24.3. The van der Waals surface area contributed by atoms with Gasteiger partial charge >= 0.3 is 0 Å². The van der Waals surface area contributed by atoms with Gasteiger partial charge in [-0.05, 0) is 49.7 Å². The molecular formula is C22H19ClN2O4S. The minimum absolute atomic E-state index is 0.0280. The minimum Gasteiger partial charge on any atom is -0.505 e. The highest BCUT2D eigenvalue weighted by atomic mass is 35.5. The van der Waals surface area contributed by atoms with Crippen LogP contribution in [-0.4, -0.2) is 15.8 Å². The molecule has 154 valence electrons. The number of benzene rings is 3. The highest BCUT2D eigenvalue weighted by molar-refractivity contribution is 7.99. The molecule has 3 aromatic carbocycles. The average Bonchev–Trinajstić information content (AvgIpc) is 2.70. The number of aryl methyl sites for hydroxylation is 1. The first-order valence-electron chi connectivity index (χ1n) is 9.03. The molecule has 0 fully saturated rings. The number of aromatic hydroxyl groups is 1. The number of nitrogens with one attached hydrogen (secondary N) is 1. The number of hydrogen-bond acceptors (Lipinski definition) is 6. The first-order chi connectivity index (χ1) is 14.2. The Morgan fingerprint density at radius 2 is 1.87 bits per heavy atom. The number of nitro groups is 1. The molecule has 6 nitrogen and oxygen atoms in total. The monoisotopic (exact) mass is 442 g/mol. The maximum absolute atomic E-state index is 11.7. The number of Topliss-reactive ketones (excluding diaryl/α,β-unsaturated/α-hetero) is 1. The predicted octanol–water partition coefficient (Wildman–Crippen LogP) is 6.23. The number of non-ortho nitro benzene ring substituents is 1. The van der Waals surface area contributed by atoms with E-state index in [0.29, 0.717) is 10.6 Å². The molecule has 2 N–H and O–H groups in total. The molecule has 0 aliphatic carbocycles. The van der Waals surface area contributed by atoms with Gasteiger partial charge in [0.15, 0.2) is 5.78 Å². The molecule has 0 aliphatic rings. The van der Waals surface area contributed by atoms with Gasteiger partial charge in [0, 0.05) is 33.5 Å². The number of nitro benzene ring substituents is 1. The van der Waals surface area contributed by atoms with Crippen molar-refractivity contribution in [1.29, 1.82) is 0 Å². The second kappa shape index (κ2) is 9.19. The van der Waals surface area contributed by atoms with Crippen molar-refractivity contribution in [3.05, 3.63) is 86.4 Å². The van der Waals surface area contributed by atoms with Gasteiger partial charge in [-0.25, -0.2) is 0 Å². The van der Waals surface area contributed by atoms with Gasteiger partial charge in [-0.15, -0.1) is 0 Å². The van der Waals surface area contributed by atoms with Crippen molar-refractivity contribution in [2.24, 2.45) is 0 Å². The van der Waals surface area contributed by atoms with Crippen molar-refractivity contribution >= 4 is 40.5 Å². The van der Waals surface area contributed by atoms with Crippen LogP contribution in [0.4, 0.5) is 11.4 Å². The fourth-order valence-electron chi connectivity index (χ4n) is 2.84. The van der Waals surface area contributed by atoms with Gasteiger partial charge in [0.25, 0.3) is 5.69 Å². The normalized spacial score (nSPS) is 10.6. The number of ketones is 1. The molecule has 0 atom stereocenters. The van der Waals surface area contributed by atoms with E-state index in [-0.39, 0.29) is 35.0 Å². The van der Waals surface area contributed by atoms with Gasteiger partial charge in [0.2, 0.25) is 0 Å². The number of halogens is 1. The summed E-state index contributed by atoms with van der Waals surface area (Å²) in [5, 5.41) is 25.0. The second-order valence-electron chi connectivity index (χ2n) is 6.72. The summed E-state index contributed by atoms with van der Waals surface area (Å²) in [6.07, 6.45) is 0. The summed E-state index contributed by atoms with van der Waals surface area (Å²) in [5.41, 5.74) is 2.18. The van der Waals surface area contributed by atoms with Crippen molar-refractivity contribution in [1.82, 2.24) is 0 Å². The summed E-state index contributed by atoms with van der Waals surface area (Å²) >= 11 is 7.56. The Balaban J connectivity index is 1.92. The largest absolute Gasteiger partial charge is 0.505 e. The maximum atomic E-state index is 11.7. The first kappa shape index (κ1) is 21.7. The van der Waals surface area contributed by atoms with Crippen LogP contribution in [0.25, 0.3) is 0 Å². The van der Waals surface area contributed by atoms with Crippen LogP contribution in [0.1, 0.15) is 28.4 Å². The third-order valence-corrected chi connectivity index (χ3v) is 5.77. The smallest absolute Gasteiger partial charge is 0.269 e. The van der Waals surface area contributed by atoms with E-state index in [1.54, 1.807) is 6.07 Å². The van der Waals surface area contributed by atoms with E-state index in [1.807, 2.05) is 31.2 Å². The molecule has 0 aliphatic heterocycles. The SMILES string of the molecule is CC(=O)c1cc(Cl)cc(NCc2cc([N+](=O)[O-])ccc2Sc2ccc(C)cc2)c1O. The molecule has 3 rings (SSSR count). The fourth-order valence-corrected chi connectivity index (χ4v) is 3.99. The lowest BCUT2D eigenvalue weighted by Crippen LogP contribution is -2.04. The van der Waals surface area contributed by atoms with Gasteiger partial charge in [-0.3, -0.25) is 14.9 Å². The minimum atomic E-state index is -0.450. The number of rotatable bonds is 7. The van der Waals surface area contributed by atoms with Gasteiger partial charge in [0.05, 0.1) is 16.2 Å². The summed E-state index contributed by atoms with van der Waals surface area (Å²) in [5.74, 6) is -0.519. The van der Waals surface area contributed by atoms with Crippen LogP contribution in [-0.2, 0) is 6.54 Å². The zero-order valence-corrected chi connectivity index (χ0v) is 17.9. The van der Waals surface area contributed by atoms with Crippen LogP contribution in [0, 0.1) is 17.0 Å². The third kappa shape index (κ3) is 5.11. The van der Waals surface area contributed by atoms with Crippen molar-refractivity contribution < 1.29 is 14.8 Å². The number of anilines is 1. The Bertz CT molecular complexity index is 1120. The first-order valence-corrected chi connectivity index (χ1v) is 10.2.